The van der Waals surface area contributed by atoms with Crippen molar-refractivity contribution in [2.45, 2.75) is 36.9 Å². The largest absolute Gasteiger partial charge is 0.313 e. The van der Waals surface area contributed by atoms with Gasteiger partial charge in [0.1, 0.15) is 4.21 Å². The zero-order valence-electron chi connectivity index (χ0n) is 11.2. The second-order valence-corrected chi connectivity index (χ2v) is 7.50. The van der Waals surface area contributed by atoms with E-state index in [1.807, 2.05) is 17.3 Å². The SMILES string of the molecule is CCNCc1csc(S(=O)(=O)NN2CCCCC2)c1. The normalized spacial score (nSPS) is 17.7. The van der Waals surface area contributed by atoms with Crippen molar-refractivity contribution in [1.29, 1.82) is 0 Å². The fraction of sp³-hybridized carbons (Fsp3) is 0.667. The molecule has 1 fully saturated rings. The first-order valence-electron chi connectivity index (χ1n) is 6.67. The van der Waals surface area contributed by atoms with Gasteiger partial charge in [-0.3, -0.25) is 0 Å². The lowest BCUT2D eigenvalue weighted by Gasteiger charge is -2.26. The average Bonchev–Trinajstić information content (AvgIpc) is 2.86. The third-order valence-electron chi connectivity index (χ3n) is 3.08. The summed E-state index contributed by atoms with van der Waals surface area (Å²) in [6.45, 7) is 5.22. The van der Waals surface area contributed by atoms with Crippen LogP contribution in [0.4, 0.5) is 0 Å². The van der Waals surface area contributed by atoms with Crippen LogP contribution in [0.2, 0.25) is 0 Å². The van der Waals surface area contributed by atoms with Crippen LogP contribution in [0.25, 0.3) is 0 Å². The molecular weight excluding hydrogens is 282 g/mol. The van der Waals surface area contributed by atoms with E-state index < -0.39 is 10.0 Å². The molecule has 1 aliphatic heterocycles. The topological polar surface area (TPSA) is 61.4 Å². The molecule has 0 spiro atoms. The summed E-state index contributed by atoms with van der Waals surface area (Å²) in [5.41, 5.74) is 1.02. The van der Waals surface area contributed by atoms with E-state index in [1.165, 1.54) is 17.8 Å². The Morgan fingerprint density at radius 2 is 2.05 bits per heavy atom. The van der Waals surface area contributed by atoms with Gasteiger partial charge in [0.05, 0.1) is 0 Å². The maximum Gasteiger partial charge on any atom is 0.262 e. The summed E-state index contributed by atoms with van der Waals surface area (Å²) in [5.74, 6) is 0. The van der Waals surface area contributed by atoms with Crippen LogP contribution >= 0.6 is 11.3 Å². The molecule has 1 aromatic heterocycles. The highest BCUT2D eigenvalue weighted by molar-refractivity contribution is 7.91. The molecule has 5 nitrogen and oxygen atoms in total. The molecule has 19 heavy (non-hydrogen) atoms. The predicted molar refractivity (Wildman–Crippen MR) is 77.4 cm³/mol. The van der Waals surface area contributed by atoms with Gasteiger partial charge in [-0.05, 0) is 36.4 Å². The minimum Gasteiger partial charge on any atom is -0.313 e. The van der Waals surface area contributed by atoms with E-state index in [-0.39, 0.29) is 0 Å². The third kappa shape index (κ3) is 4.25. The minimum atomic E-state index is -3.40. The van der Waals surface area contributed by atoms with Gasteiger partial charge in [0.15, 0.2) is 0 Å². The monoisotopic (exact) mass is 303 g/mol. The summed E-state index contributed by atoms with van der Waals surface area (Å²) in [4.78, 5) is 2.68. The van der Waals surface area contributed by atoms with Gasteiger partial charge in [0.25, 0.3) is 10.0 Å². The van der Waals surface area contributed by atoms with Crippen molar-refractivity contribution in [1.82, 2.24) is 15.2 Å². The third-order valence-corrected chi connectivity index (χ3v) is 5.94. The van der Waals surface area contributed by atoms with E-state index in [2.05, 4.69) is 10.1 Å². The number of nitrogens with zero attached hydrogens (tertiary/aromatic N) is 1. The Morgan fingerprint density at radius 1 is 1.32 bits per heavy atom. The van der Waals surface area contributed by atoms with Gasteiger partial charge in [-0.15, -0.1) is 16.2 Å². The number of thiophene rings is 1. The maximum atomic E-state index is 12.2. The summed E-state index contributed by atoms with van der Waals surface area (Å²) in [5, 5.41) is 6.90. The van der Waals surface area contributed by atoms with Crippen molar-refractivity contribution in [3.63, 3.8) is 0 Å². The smallest absolute Gasteiger partial charge is 0.262 e. The lowest BCUT2D eigenvalue weighted by Crippen LogP contribution is -2.44. The molecule has 0 unspecified atom stereocenters. The van der Waals surface area contributed by atoms with Crippen molar-refractivity contribution in [2.75, 3.05) is 19.6 Å². The zero-order chi connectivity index (χ0) is 13.7. The Hall–Kier alpha value is -0.470. The number of hydrogen-bond donors (Lipinski definition) is 2. The van der Waals surface area contributed by atoms with Crippen LogP contribution < -0.4 is 10.1 Å². The minimum absolute atomic E-state index is 0.394. The van der Waals surface area contributed by atoms with E-state index in [4.69, 9.17) is 0 Å². The van der Waals surface area contributed by atoms with Gasteiger partial charge in [-0.2, -0.15) is 0 Å². The van der Waals surface area contributed by atoms with Gasteiger partial charge in [-0.1, -0.05) is 13.3 Å². The Balaban J connectivity index is 1.99. The quantitative estimate of drug-likeness (QED) is 0.837. The number of rotatable bonds is 6. The van der Waals surface area contributed by atoms with Crippen LogP contribution in [0.3, 0.4) is 0 Å². The standard InChI is InChI=1S/C12H21N3O2S2/c1-2-13-9-11-8-12(18-10-11)19(16,17)14-15-6-4-3-5-7-15/h8,10,13-14H,2-7,9H2,1H3. The molecule has 2 heterocycles. The summed E-state index contributed by atoms with van der Waals surface area (Å²) >= 11 is 1.28. The lowest BCUT2D eigenvalue weighted by atomic mass is 10.2. The van der Waals surface area contributed by atoms with Crippen molar-refractivity contribution >= 4 is 21.4 Å². The highest BCUT2D eigenvalue weighted by Gasteiger charge is 2.21. The van der Waals surface area contributed by atoms with E-state index in [1.54, 1.807) is 6.07 Å². The highest BCUT2D eigenvalue weighted by atomic mass is 32.2. The Labute approximate surface area is 119 Å². The number of sulfonamides is 1. The van der Waals surface area contributed by atoms with Crippen LogP contribution in [0.1, 0.15) is 31.7 Å². The fourth-order valence-corrected chi connectivity index (χ4v) is 4.38. The number of piperidine rings is 1. The van der Waals surface area contributed by atoms with Crippen molar-refractivity contribution < 1.29 is 8.42 Å². The van der Waals surface area contributed by atoms with Gasteiger partial charge in [-0.25, -0.2) is 13.4 Å². The van der Waals surface area contributed by atoms with Crippen LogP contribution in [-0.4, -0.2) is 33.1 Å². The predicted octanol–water partition coefficient (Wildman–Crippen LogP) is 1.54. The molecule has 2 rings (SSSR count). The van der Waals surface area contributed by atoms with E-state index >= 15 is 0 Å². The summed E-state index contributed by atoms with van der Waals surface area (Å²) in [6.07, 6.45) is 3.29. The Bertz CT molecular complexity index is 493. The van der Waals surface area contributed by atoms with Crippen molar-refractivity contribution in [3.8, 4) is 0 Å². The van der Waals surface area contributed by atoms with E-state index in [0.717, 1.165) is 38.0 Å². The second-order valence-electron chi connectivity index (χ2n) is 4.70. The molecule has 108 valence electrons. The highest BCUT2D eigenvalue weighted by Crippen LogP contribution is 2.20. The molecule has 0 radical (unpaired) electrons. The zero-order valence-corrected chi connectivity index (χ0v) is 12.8. The number of hydrogen-bond acceptors (Lipinski definition) is 5. The summed E-state index contributed by atoms with van der Waals surface area (Å²) in [6, 6.07) is 1.75. The van der Waals surface area contributed by atoms with E-state index in [0.29, 0.717) is 10.8 Å². The van der Waals surface area contributed by atoms with Crippen LogP contribution in [0, 0.1) is 0 Å². The number of nitrogens with one attached hydrogen (secondary N) is 2. The first kappa shape index (κ1) is 14.9. The molecule has 0 atom stereocenters. The Morgan fingerprint density at radius 3 is 2.74 bits per heavy atom. The lowest BCUT2D eigenvalue weighted by molar-refractivity contribution is 0.200. The molecular formula is C12H21N3O2S2. The van der Waals surface area contributed by atoms with Crippen molar-refractivity contribution in [2.24, 2.45) is 0 Å². The molecule has 0 amide bonds. The van der Waals surface area contributed by atoms with Gasteiger partial charge >= 0.3 is 0 Å². The van der Waals surface area contributed by atoms with Gasteiger partial charge in [0, 0.05) is 19.6 Å². The Kier molecular flexibility index (Phi) is 5.35. The first-order valence-corrected chi connectivity index (χ1v) is 9.03. The molecule has 1 saturated heterocycles. The van der Waals surface area contributed by atoms with Gasteiger partial charge < -0.3 is 5.32 Å². The average molecular weight is 303 g/mol. The van der Waals surface area contributed by atoms with Crippen LogP contribution in [-0.2, 0) is 16.6 Å². The molecule has 0 aromatic carbocycles. The molecule has 2 N–H and O–H groups in total. The molecule has 0 aliphatic carbocycles. The van der Waals surface area contributed by atoms with Crippen LogP contribution in [0.5, 0.6) is 0 Å². The van der Waals surface area contributed by atoms with Gasteiger partial charge in [0.2, 0.25) is 0 Å². The van der Waals surface area contributed by atoms with Crippen molar-refractivity contribution in [3.05, 3.63) is 17.0 Å². The molecule has 1 aliphatic rings. The summed E-state index contributed by atoms with van der Waals surface area (Å²) in [7, 11) is -3.40. The fourth-order valence-electron chi connectivity index (χ4n) is 2.06. The second kappa shape index (κ2) is 6.81. The maximum absolute atomic E-state index is 12.2. The number of hydrazine groups is 1. The van der Waals surface area contributed by atoms with E-state index in [9.17, 15) is 8.42 Å². The van der Waals surface area contributed by atoms with Crippen LogP contribution in [0.15, 0.2) is 15.7 Å². The molecule has 0 saturated carbocycles. The summed E-state index contributed by atoms with van der Waals surface area (Å²) < 4.78 is 24.8. The first-order chi connectivity index (χ1) is 9.12. The molecule has 1 aromatic rings. The molecule has 0 bridgehead atoms. The molecule has 7 heteroatoms.